The number of ether oxygens (including phenoxy) is 1. The fourth-order valence-corrected chi connectivity index (χ4v) is 2.21. The maximum absolute atomic E-state index is 13.5. The summed E-state index contributed by atoms with van der Waals surface area (Å²) in [5.41, 5.74) is 0.119. The summed E-state index contributed by atoms with van der Waals surface area (Å²) in [5.74, 6) is -0.380. The highest BCUT2D eigenvalue weighted by molar-refractivity contribution is 9.10. The Hall–Kier alpha value is -1.40. The van der Waals surface area contributed by atoms with Gasteiger partial charge >= 0.3 is 0 Å². The molecule has 0 spiro atoms. The lowest BCUT2D eigenvalue weighted by molar-refractivity contribution is -0.118. The zero-order valence-corrected chi connectivity index (χ0v) is 13.4. The van der Waals surface area contributed by atoms with Crippen molar-refractivity contribution in [2.75, 3.05) is 11.9 Å². The van der Waals surface area contributed by atoms with Crippen LogP contribution in [0.2, 0.25) is 0 Å². The largest absolute Gasteiger partial charge is 0.483 e. The Balaban J connectivity index is 1.94. The molecule has 2 rings (SSSR count). The molecule has 104 valence electrons. The van der Waals surface area contributed by atoms with Gasteiger partial charge in [0.05, 0.1) is 10.2 Å². The first kappa shape index (κ1) is 15.0. The van der Waals surface area contributed by atoms with Crippen LogP contribution in [0, 0.1) is 5.82 Å². The molecule has 1 amide bonds. The van der Waals surface area contributed by atoms with Gasteiger partial charge in [0.25, 0.3) is 5.91 Å². The second-order valence-corrected chi connectivity index (χ2v) is 5.66. The quantitative estimate of drug-likeness (QED) is 0.824. The van der Waals surface area contributed by atoms with Gasteiger partial charge in [-0.2, -0.15) is 0 Å². The molecule has 0 aliphatic carbocycles. The molecule has 0 heterocycles. The number of nitrogens with one attached hydrogen (secondary N) is 1. The summed E-state index contributed by atoms with van der Waals surface area (Å²) in [6.45, 7) is -0.196. The highest BCUT2D eigenvalue weighted by atomic mass is 79.9. The maximum atomic E-state index is 13.5. The molecule has 0 saturated carbocycles. The number of benzene rings is 2. The Morgan fingerprint density at radius 1 is 1.20 bits per heavy atom. The summed E-state index contributed by atoms with van der Waals surface area (Å²) in [6, 6.07) is 11.6. The Morgan fingerprint density at radius 2 is 1.95 bits per heavy atom. The summed E-state index contributed by atoms with van der Waals surface area (Å²) in [4.78, 5) is 11.7. The van der Waals surface area contributed by atoms with Crippen LogP contribution in [0.3, 0.4) is 0 Å². The summed E-state index contributed by atoms with van der Waals surface area (Å²) in [6.07, 6.45) is 0. The lowest BCUT2D eigenvalue weighted by atomic mass is 10.3. The van der Waals surface area contributed by atoms with Crippen molar-refractivity contribution in [3.8, 4) is 5.75 Å². The minimum Gasteiger partial charge on any atom is -0.483 e. The average molecular weight is 403 g/mol. The van der Waals surface area contributed by atoms with Crippen molar-refractivity contribution < 1.29 is 13.9 Å². The fourth-order valence-electron chi connectivity index (χ4n) is 1.48. The second-order valence-electron chi connectivity index (χ2n) is 3.89. The van der Waals surface area contributed by atoms with Gasteiger partial charge in [-0.05, 0) is 46.3 Å². The van der Waals surface area contributed by atoms with Crippen LogP contribution in [0.15, 0.2) is 51.4 Å². The summed E-state index contributed by atoms with van der Waals surface area (Å²) < 4.78 is 20.3. The maximum Gasteiger partial charge on any atom is 0.262 e. The molecule has 2 aromatic rings. The number of hydrogen-bond acceptors (Lipinski definition) is 2. The van der Waals surface area contributed by atoms with Crippen LogP contribution in [0.4, 0.5) is 10.1 Å². The molecule has 0 bridgehead atoms. The summed E-state index contributed by atoms with van der Waals surface area (Å²) in [5, 5.41) is 2.45. The van der Waals surface area contributed by atoms with E-state index >= 15 is 0 Å². The van der Waals surface area contributed by atoms with Gasteiger partial charge in [-0.1, -0.05) is 28.1 Å². The lowest BCUT2D eigenvalue weighted by Gasteiger charge is -2.09. The van der Waals surface area contributed by atoms with E-state index in [1.54, 1.807) is 18.2 Å². The molecule has 0 aliphatic rings. The van der Waals surface area contributed by atoms with Crippen molar-refractivity contribution in [1.82, 2.24) is 0 Å². The van der Waals surface area contributed by atoms with E-state index in [9.17, 15) is 9.18 Å². The van der Waals surface area contributed by atoms with Crippen LogP contribution < -0.4 is 10.1 Å². The minimum atomic E-state index is -0.506. The smallest absolute Gasteiger partial charge is 0.262 e. The Kier molecular flexibility index (Phi) is 5.14. The first-order valence-electron chi connectivity index (χ1n) is 5.68. The van der Waals surface area contributed by atoms with Crippen LogP contribution in [0.25, 0.3) is 0 Å². The highest BCUT2D eigenvalue weighted by Gasteiger charge is 2.09. The van der Waals surface area contributed by atoms with Crippen molar-refractivity contribution >= 4 is 43.5 Å². The van der Waals surface area contributed by atoms with Crippen LogP contribution in [0.5, 0.6) is 5.75 Å². The molecule has 20 heavy (non-hydrogen) atoms. The molecular formula is C14H10Br2FNO2. The second kappa shape index (κ2) is 6.85. The molecule has 2 aromatic carbocycles. The van der Waals surface area contributed by atoms with Gasteiger partial charge < -0.3 is 10.1 Å². The van der Waals surface area contributed by atoms with Crippen molar-refractivity contribution in [2.45, 2.75) is 0 Å². The van der Waals surface area contributed by atoms with Crippen molar-refractivity contribution in [2.24, 2.45) is 0 Å². The SMILES string of the molecule is O=C(COc1ccccc1Br)Nc1ccc(Br)cc1F. The predicted octanol–water partition coefficient (Wildman–Crippen LogP) is 4.37. The standard InChI is InChI=1S/C14H10Br2FNO2/c15-9-5-6-12(11(17)7-9)18-14(19)8-20-13-4-2-1-3-10(13)16/h1-7H,8H2,(H,18,19). The van der Waals surface area contributed by atoms with E-state index in [0.717, 1.165) is 4.47 Å². The van der Waals surface area contributed by atoms with E-state index < -0.39 is 11.7 Å². The van der Waals surface area contributed by atoms with E-state index in [1.165, 1.54) is 12.1 Å². The van der Waals surface area contributed by atoms with Gasteiger partial charge in [0.1, 0.15) is 11.6 Å². The number of carbonyl (C=O) groups excluding carboxylic acids is 1. The molecule has 0 fully saturated rings. The molecule has 0 aliphatic heterocycles. The van der Waals surface area contributed by atoms with Crippen molar-refractivity contribution in [1.29, 1.82) is 0 Å². The number of rotatable bonds is 4. The van der Waals surface area contributed by atoms with Crippen LogP contribution in [0.1, 0.15) is 0 Å². The predicted molar refractivity (Wildman–Crippen MR) is 82.4 cm³/mol. The van der Waals surface area contributed by atoms with Gasteiger partial charge in [-0.25, -0.2) is 4.39 Å². The minimum absolute atomic E-state index is 0.119. The van der Waals surface area contributed by atoms with E-state index in [1.807, 2.05) is 12.1 Å². The van der Waals surface area contributed by atoms with Gasteiger partial charge in [-0.3, -0.25) is 4.79 Å². The van der Waals surface area contributed by atoms with E-state index in [2.05, 4.69) is 37.2 Å². The number of hydrogen-bond donors (Lipinski definition) is 1. The van der Waals surface area contributed by atoms with Crippen molar-refractivity contribution in [3.05, 3.63) is 57.2 Å². The van der Waals surface area contributed by atoms with Crippen LogP contribution in [-0.4, -0.2) is 12.5 Å². The molecule has 0 aromatic heterocycles. The number of amides is 1. The third-order valence-corrected chi connectivity index (χ3v) is 3.55. The lowest BCUT2D eigenvalue weighted by Crippen LogP contribution is -2.20. The number of carbonyl (C=O) groups is 1. The van der Waals surface area contributed by atoms with Crippen LogP contribution >= 0.6 is 31.9 Å². The molecule has 0 saturated heterocycles. The Morgan fingerprint density at radius 3 is 2.65 bits per heavy atom. The van der Waals surface area contributed by atoms with Crippen LogP contribution in [-0.2, 0) is 4.79 Å². The molecule has 0 radical (unpaired) electrons. The van der Waals surface area contributed by atoms with Gasteiger partial charge in [0.15, 0.2) is 6.61 Å². The highest BCUT2D eigenvalue weighted by Crippen LogP contribution is 2.24. The molecule has 3 nitrogen and oxygen atoms in total. The number of anilines is 1. The summed E-state index contributed by atoms with van der Waals surface area (Å²) in [7, 11) is 0. The summed E-state index contributed by atoms with van der Waals surface area (Å²) >= 11 is 6.46. The molecule has 0 unspecified atom stereocenters. The third kappa shape index (κ3) is 4.05. The number of halogens is 3. The molecular weight excluding hydrogens is 393 g/mol. The monoisotopic (exact) mass is 401 g/mol. The molecule has 6 heteroatoms. The first-order valence-corrected chi connectivity index (χ1v) is 7.27. The zero-order chi connectivity index (χ0) is 14.5. The first-order chi connectivity index (χ1) is 9.56. The Bertz CT molecular complexity index is 634. The third-order valence-electron chi connectivity index (χ3n) is 2.40. The normalized spacial score (nSPS) is 10.2. The zero-order valence-electron chi connectivity index (χ0n) is 10.2. The average Bonchev–Trinajstić information content (AvgIpc) is 2.41. The Labute approximate surface area is 132 Å². The molecule has 1 N–H and O–H groups in total. The van der Waals surface area contributed by atoms with Gasteiger partial charge in [0, 0.05) is 4.47 Å². The molecule has 0 atom stereocenters. The van der Waals surface area contributed by atoms with Crippen molar-refractivity contribution in [3.63, 3.8) is 0 Å². The topological polar surface area (TPSA) is 38.3 Å². The van der Waals surface area contributed by atoms with Gasteiger partial charge in [-0.15, -0.1) is 0 Å². The van der Waals surface area contributed by atoms with Gasteiger partial charge in [0.2, 0.25) is 0 Å². The van der Waals surface area contributed by atoms with E-state index in [-0.39, 0.29) is 12.3 Å². The number of para-hydroxylation sites is 1. The fraction of sp³-hybridized carbons (Fsp3) is 0.0714. The van der Waals surface area contributed by atoms with E-state index in [0.29, 0.717) is 10.2 Å². The van der Waals surface area contributed by atoms with E-state index in [4.69, 9.17) is 4.74 Å².